The first-order chi connectivity index (χ1) is 11.1. The van der Waals surface area contributed by atoms with Gasteiger partial charge in [-0.2, -0.15) is 4.52 Å². The van der Waals surface area contributed by atoms with Crippen molar-refractivity contribution in [3.8, 4) is 0 Å². The van der Waals surface area contributed by atoms with Crippen LogP contribution in [0, 0.1) is 5.82 Å². The number of nitrogens with zero attached hydrogens (tertiary/aromatic N) is 2. The van der Waals surface area contributed by atoms with E-state index in [2.05, 4.69) is 10.1 Å². The first kappa shape index (κ1) is 13.4. The topological polar surface area (TPSA) is 67.2 Å². The number of rotatable bonds is 1. The Morgan fingerprint density at radius 3 is 2.57 bits per heavy atom. The maximum absolute atomic E-state index is 13.0. The lowest BCUT2D eigenvalue weighted by atomic mass is 10.2. The fourth-order valence-corrected chi connectivity index (χ4v) is 2.54. The van der Waals surface area contributed by atoms with Gasteiger partial charge in [-0.15, -0.1) is 0 Å². The summed E-state index contributed by atoms with van der Waals surface area (Å²) in [5, 5.41) is 3.19. The molecule has 2 aromatic carbocycles. The number of H-pyrrole nitrogens is 1. The number of aromatic amines is 1. The molecule has 6 heteroatoms. The van der Waals surface area contributed by atoms with E-state index in [-0.39, 0.29) is 22.2 Å². The Bertz CT molecular complexity index is 1210. The van der Waals surface area contributed by atoms with Gasteiger partial charge in [0.05, 0.1) is 16.1 Å². The standard InChI is InChI=1S/C17H10FN3O2/c18-11-7-5-10(6-8-11)9-13-15-19-14-4-2-1-3-12(14)17(23)21(15)20-16(13)22/h1-9H,(H,20,22)/b13-9-. The third-order valence-electron chi connectivity index (χ3n) is 3.66. The molecule has 0 aliphatic rings. The maximum atomic E-state index is 13.0. The van der Waals surface area contributed by atoms with E-state index in [1.165, 1.54) is 12.1 Å². The monoisotopic (exact) mass is 307 g/mol. The summed E-state index contributed by atoms with van der Waals surface area (Å²) in [5.74, 6) is -0.358. The first-order valence-electron chi connectivity index (χ1n) is 6.94. The van der Waals surface area contributed by atoms with Gasteiger partial charge in [0.15, 0.2) is 5.65 Å². The summed E-state index contributed by atoms with van der Waals surface area (Å²) in [4.78, 5) is 29.0. The molecule has 0 bridgehead atoms. The second-order valence-corrected chi connectivity index (χ2v) is 5.14. The molecule has 0 radical (unpaired) electrons. The van der Waals surface area contributed by atoms with E-state index in [1.807, 2.05) is 0 Å². The van der Waals surface area contributed by atoms with E-state index in [0.717, 1.165) is 4.52 Å². The molecule has 0 amide bonds. The van der Waals surface area contributed by atoms with Gasteiger partial charge >= 0.3 is 0 Å². The Balaban J connectivity index is 2.12. The van der Waals surface area contributed by atoms with Crippen LogP contribution in [0.25, 0.3) is 22.6 Å². The van der Waals surface area contributed by atoms with Crippen molar-refractivity contribution in [2.75, 3.05) is 0 Å². The highest BCUT2D eigenvalue weighted by atomic mass is 19.1. The van der Waals surface area contributed by atoms with Gasteiger partial charge < -0.3 is 0 Å². The summed E-state index contributed by atoms with van der Waals surface area (Å²) >= 11 is 0. The van der Waals surface area contributed by atoms with Crippen LogP contribution in [0.5, 0.6) is 0 Å². The Morgan fingerprint density at radius 2 is 1.78 bits per heavy atom. The zero-order valence-corrected chi connectivity index (χ0v) is 11.8. The van der Waals surface area contributed by atoms with E-state index in [1.54, 1.807) is 42.5 Å². The lowest BCUT2D eigenvalue weighted by Gasteiger charge is -1.97. The van der Waals surface area contributed by atoms with Gasteiger partial charge in [-0.1, -0.05) is 24.3 Å². The molecule has 0 aliphatic carbocycles. The van der Waals surface area contributed by atoms with Crippen molar-refractivity contribution in [1.82, 2.24) is 14.6 Å². The van der Waals surface area contributed by atoms with Crippen LogP contribution in [0.2, 0.25) is 0 Å². The largest absolute Gasteiger partial charge is 0.280 e. The summed E-state index contributed by atoms with van der Waals surface area (Å²) in [6.07, 6.45) is 1.58. The Morgan fingerprint density at radius 1 is 1.04 bits per heavy atom. The summed E-state index contributed by atoms with van der Waals surface area (Å²) in [6, 6.07) is 12.6. The van der Waals surface area contributed by atoms with E-state index in [4.69, 9.17) is 0 Å². The number of hydrogen-bond donors (Lipinski definition) is 1. The van der Waals surface area contributed by atoms with Crippen LogP contribution in [0.15, 0.2) is 58.1 Å². The van der Waals surface area contributed by atoms with Crippen LogP contribution in [-0.4, -0.2) is 14.6 Å². The molecule has 0 saturated carbocycles. The number of para-hydroxylation sites is 1. The molecule has 0 unspecified atom stereocenters. The van der Waals surface area contributed by atoms with E-state index in [0.29, 0.717) is 16.5 Å². The van der Waals surface area contributed by atoms with Gasteiger partial charge in [-0.05, 0) is 35.9 Å². The molecule has 0 aliphatic heterocycles. The smallest absolute Gasteiger partial charge is 0.267 e. The second kappa shape index (κ2) is 4.88. The highest BCUT2D eigenvalue weighted by Gasteiger charge is 2.10. The fraction of sp³-hybridized carbons (Fsp3) is 0. The molecule has 2 heterocycles. The summed E-state index contributed by atoms with van der Waals surface area (Å²) < 4.78 is 14.1. The van der Waals surface area contributed by atoms with Crippen molar-refractivity contribution in [2.45, 2.75) is 0 Å². The molecule has 0 spiro atoms. The molecule has 0 fully saturated rings. The predicted molar refractivity (Wildman–Crippen MR) is 84.8 cm³/mol. The number of halogens is 1. The van der Waals surface area contributed by atoms with Crippen molar-refractivity contribution in [2.24, 2.45) is 0 Å². The van der Waals surface area contributed by atoms with Gasteiger partial charge in [0.25, 0.3) is 11.1 Å². The van der Waals surface area contributed by atoms with Crippen molar-refractivity contribution in [1.29, 1.82) is 0 Å². The third kappa shape index (κ3) is 2.12. The van der Waals surface area contributed by atoms with Gasteiger partial charge in [0, 0.05) is 0 Å². The van der Waals surface area contributed by atoms with Gasteiger partial charge in [0.2, 0.25) is 0 Å². The van der Waals surface area contributed by atoms with Crippen molar-refractivity contribution in [3.63, 3.8) is 0 Å². The van der Waals surface area contributed by atoms with Crippen LogP contribution >= 0.6 is 0 Å². The number of fused-ring (bicyclic) bond motifs is 2. The van der Waals surface area contributed by atoms with Crippen molar-refractivity contribution < 1.29 is 4.39 Å². The molecule has 2 aromatic heterocycles. The highest BCUT2D eigenvalue weighted by Crippen LogP contribution is 2.06. The minimum atomic E-state index is -0.422. The van der Waals surface area contributed by atoms with E-state index < -0.39 is 5.56 Å². The second-order valence-electron chi connectivity index (χ2n) is 5.14. The van der Waals surface area contributed by atoms with Gasteiger partial charge in [-0.3, -0.25) is 14.7 Å². The lowest BCUT2D eigenvalue weighted by molar-refractivity contribution is 0.628. The average molecular weight is 307 g/mol. The van der Waals surface area contributed by atoms with Crippen LogP contribution < -0.4 is 16.3 Å². The first-order valence-corrected chi connectivity index (χ1v) is 6.94. The molecular formula is C17H10FN3O2. The molecule has 4 rings (SSSR count). The predicted octanol–water partition coefficient (Wildman–Crippen LogP) is 1.22. The molecule has 5 nitrogen and oxygen atoms in total. The van der Waals surface area contributed by atoms with Gasteiger partial charge in [-0.25, -0.2) is 9.37 Å². The normalized spacial score (nSPS) is 12.3. The summed E-state index contributed by atoms with van der Waals surface area (Å²) in [7, 11) is 0. The Hall–Kier alpha value is -3.28. The van der Waals surface area contributed by atoms with Crippen LogP contribution in [-0.2, 0) is 0 Å². The molecular weight excluding hydrogens is 297 g/mol. The zero-order chi connectivity index (χ0) is 16.0. The zero-order valence-electron chi connectivity index (χ0n) is 11.8. The lowest BCUT2D eigenvalue weighted by Crippen LogP contribution is -2.21. The quantitative estimate of drug-likeness (QED) is 0.575. The van der Waals surface area contributed by atoms with Crippen LogP contribution in [0.4, 0.5) is 4.39 Å². The van der Waals surface area contributed by atoms with Crippen molar-refractivity contribution in [3.05, 3.63) is 85.8 Å². The molecule has 1 N–H and O–H groups in total. The van der Waals surface area contributed by atoms with Crippen LogP contribution in [0.1, 0.15) is 5.56 Å². The van der Waals surface area contributed by atoms with E-state index in [9.17, 15) is 14.0 Å². The van der Waals surface area contributed by atoms with Gasteiger partial charge in [0.1, 0.15) is 5.82 Å². The number of hydrogen-bond acceptors (Lipinski definition) is 3. The third-order valence-corrected chi connectivity index (χ3v) is 3.66. The van der Waals surface area contributed by atoms with Crippen molar-refractivity contribution >= 4 is 22.6 Å². The molecule has 112 valence electrons. The SMILES string of the molecule is O=c1[nH]n2c(=O)c3ccccc3nc2/c1=C/c1ccc(F)cc1. The summed E-state index contributed by atoms with van der Waals surface area (Å²) in [5.41, 5.74) is 0.663. The number of nitrogens with one attached hydrogen (secondary N) is 1. The minimum Gasteiger partial charge on any atom is -0.267 e. The summed E-state index contributed by atoms with van der Waals surface area (Å²) in [6.45, 7) is 0. The number of aromatic nitrogens is 3. The van der Waals surface area contributed by atoms with Crippen LogP contribution in [0.3, 0.4) is 0 Å². The van der Waals surface area contributed by atoms with E-state index >= 15 is 0 Å². The fourth-order valence-electron chi connectivity index (χ4n) is 2.54. The highest BCUT2D eigenvalue weighted by molar-refractivity contribution is 5.79. The minimum absolute atomic E-state index is 0.253. The Labute approximate surface area is 128 Å². The molecule has 0 saturated heterocycles. The number of benzene rings is 2. The Kier molecular flexibility index (Phi) is 2.84. The maximum Gasteiger partial charge on any atom is 0.280 e. The average Bonchev–Trinajstić information content (AvgIpc) is 2.87. The molecule has 23 heavy (non-hydrogen) atoms. The molecule has 0 atom stereocenters. The molecule has 4 aromatic rings.